The van der Waals surface area contributed by atoms with Crippen molar-refractivity contribution >= 4 is 15.9 Å². The van der Waals surface area contributed by atoms with Gasteiger partial charge in [-0.05, 0) is 19.4 Å². The molecule has 0 aromatic carbocycles. The molecule has 2 unspecified atom stereocenters. The lowest BCUT2D eigenvalue weighted by molar-refractivity contribution is 0.0523. The van der Waals surface area contributed by atoms with Crippen LogP contribution in [0.4, 0.5) is 8.78 Å². The number of alkyl halides is 3. The summed E-state index contributed by atoms with van der Waals surface area (Å²) in [6, 6.07) is 0.475. The molecule has 0 radical (unpaired) electrons. The Hall–Kier alpha value is 0.300. The maximum absolute atomic E-state index is 13.0. The average Bonchev–Trinajstić information content (AvgIpc) is 2.48. The topological polar surface area (TPSA) is 3.24 Å². The summed E-state index contributed by atoms with van der Waals surface area (Å²) in [6.07, 6.45) is 2.37. The lowest BCUT2D eigenvalue weighted by Gasteiger charge is -2.26. The Balaban J connectivity index is 1.92. The molecule has 14 heavy (non-hydrogen) atoms. The molecule has 4 heteroatoms. The standard InChI is InChI=1S/C10H16BrF2N/c1-9(6-10(9,12)13)7-14-4-2-3-8(14)5-11/h8H,2-7H2,1H3. The minimum atomic E-state index is -2.41. The Labute approximate surface area is 92.0 Å². The number of likely N-dealkylation sites (tertiary alicyclic amines) is 1. The van der Waals surface area contributed by atoms with E-state index in [0.29, 0.717) is 12.6 Å². The van der Waals surface area contributed by atoms with Gasteiger partial charge in [-0.2, -0.15) is 0 Å². The van der Waals surface area contributed by atoms with Gasteiger partial charge in [0.05, 0.1) is 0 Å². The molecule has 1 aliphatic carbocycles. The van der Waals surface area contributed by atoms with Crippen molar-refractivity contribution in [1.82, 2.24) is 4.90 Å². The van der Waals surface area contributed by atoms with Gasteiger partial charge in [-0.3, -0.25) is 4.90 Å². The van der Waals surface area contributed by atoms with Crippen LogP contribution >= 0.6 is 15.9 Å². The quantitative estimate of drug-likeness (QED) is 0.711. The fraction of sp³-hybridized carbons (Fsp3) is 1.00. The van der Waals surface area contributed by atoms with Crippen molar-refractivity contribution in [2.24, 2.45) is 5.41 Å². The van der Waals surface area contributed by atoms with E-state index < -0.39 is 11.3 Å². The van der Waals surface area contributed by atoms with Crippen molar-refractivity contribution in [2.75, 3.05) is 18.4 Å². The lowest BCUT2D eigenvalue weighted by Crippen LogP contribution is -2.36. The summed E-state index contributed by atoms with van der Waals surface area (Å²) in [4.78, 5) is 2.22. The van der Waals surface area contributed by atoms with Crippen molar-refractivity contribution < 1.29 is 8.78 Å². The van der Waals surface area contributed by atoms with E-state index in [9.17, 15) is 8.78 Å². The molecule has 1 aliphatic heterocycles. The van der Waals surface area contributed by atoms with E-state index >= 15 is 0 Å². The number of hydrogen-bond acceptors (Lipinski definition) is 1. The number of nitrogens with zero attached hydrogens (tertiary/aromatic N) is 1. The minimum Gasteiger partial charge on any atom is -0.299 e. The summed E-state index contributed by atoms with van der Waals surface area (Å²) in [7, 11) is 0. The van der Waals surface area contributed by atoms with Crippen molar-refractivity contribution in [2.45, 2.75) is 38.2 Å². The Morgan fingerprint density at radius 1 is 1.50 bits per heavy atom. The molecule has 82 valence electrons. The zero-order valence-corrected chi connectivity index (χ0v) is 9.99. The van der Waals surface area contributed by atoms with Gasteiger partial charge in [-0.25, -0.2) is 8.78 Å². The predicted octanol–water partition coefficient (Wildman–Crippen LogP) is 2.89. The van der Waals surface area contributed by atoms with Crippen LogP contribution < -0.4 is 0 Å². The lowest BCUT2D eigenvalue weighted by atomic mass is 10.1. The van der Waals surface area contributed by atoms with Crippen LogP contribution in [0.1, 0.15) is 26.2 Å². The molecule has 0 amide bonds. The van der Waals surface area contributed by atoms with Gasteiger partial charge < -0.3 is 0 Å². The van der Waals surface area contributed by atoms with Crippen molar-refractivity contribution in [3.8, 4) is 0 Å². The molecule has 0 spiro atoms. The minimum absolute atomic E-state index is 0.0749. The Kier molecular flexibility index (Phi) is 2.63. The monoisotopic (exact) mass is 267 g/mol. The highest BCUT2D eigenvalue weighted by atomic mass is 79.9. The number of halogens is 3. The van der Waals surface area contributed by atoms with Gasteiger partial charge in [0, 0.05) is 29.8 Å². The molecule has 2 aliphatic rings. The van der Waals surface area contributed by atoms with Crippen LogP contribution in [0.2, 0.25) is 0 Å². The fourth-order valence-corrected chi connectivity index (χ4v) is 3.08. The van der Waals surface area contributed by atoms with E-state index in [0.717, 1.165) is 24.7 Å². The molecular weight excluding hydrogens is 252 g/mol. The van der Waals surface area contributed by atoms with Gasteiger partial charge in [0.2, 0.25) is 0 Å². The predicted molar refractivity (Wildman–Crippen MR) is 56.1 cm³/mol. The molecule has 2 fully saturated rings. The first kappa shape index (κ1) is 10.8. The Bertz CT molecular complexity index is 234. The second-order valence-electron chi connectivity index (χ2n) is 4.86. The normalized spacial score (nSPS) is 41.6. The zero-order chi connectivity index (χ0) is 10.4. The van der Waals surface area contributed by atoms with E-state index in [1.54, 1.807) is 6.92 Å². The van der Waals surface area contributed by atoms with E-state index in [1.807, 2.05) is 0 Å². The summed E-state index contributed by atoms with van der Waals surface area (Å²) in [5.74, 6) is -2.41. The van der Waals surface area contributed by atoms with Crippen LogP contribution in [0.15, 0.2) is 0 Å². The molecule has 1 saturated heterocycles. The van der Waals surface area contributed by atoms with E-state index in [4.69, 9.17) is 0 Å². The molecule has 1 heterocycles. The summed E-state index contributed by atoms with van der Waals surface area (Å²) in [6.45, 7) is 3.26. The third kappa shape index (κ3) is 1.71. The maximum atomic E-state index is 13.0. The number of rotatable bonds is 3. The van der Waals surface area contributed by atoms with Gasteiger partial charge in [-0.15, -0.1) is 0 Å². The third-order valence-electron chi connectivity index (χ3n) is 3.60. The molecule has 0 bridgehead atoms. The van der Waals surface area contributed by atoms with Gasteiger partial charge >= 0.3 is 0 Å². The first-order valence-electron chi connectivity index (χ1n) is 5.16. The highest BCUT2D eigenvalue weighted by molar-refractivity contribution is 9.09. The summed E-state index contributed by atoms with van der Waals surface area (Å²) in [5, 5.41) is 0.911. The smallest absolute Gasteiger partial charge is 0.255 e. The Morgan fingerprint density at radius 3 is 2.64 bits per heavy atom. The van der Waals surface area contributed by atoms with Crippen molar-refractivity contribution in [3.63, 3.8) is 0 Å². The fourth-order valence-electron chi connectivity index (χ4n) is 2.34. The summed E-state index contributed by atoms with van der Waals surface area (Å²) in [5.41, 5.74) is -0.738. The highest BCUT2D eigenvalue weighted by Crippen LogP contribution is 2.60. The number of hydrogen-bond donors (Lipinski definition) is 0. The molecule has 1 nitrogen and oxygen atoms in total. The van der Waals surface area contributed by atoms with Gasteiger partial charge in [0.1, 0.15) is 0 Å². The molecule has 0 N–H and O–H groups in total. The van der Waals surface area contributed by atoms with Crippen LogP contribution in [-0.2, 0) is 0 Å². The molecule has 1 saturated carbocycles. The molecule has 0 aromatic rings. The van der Waals surface area contributed by atoms with Crippen LogP contribution in [0.25, 0.3) is 0 Å². The summed E-state index contributed by atoms with van der Waals surface area (Å²) >= 11 is 3.44. The van der Waals surface area contributed by atoms with Gasteiger partial charge in [0.15, 0.2) is 0 Å². The van der Waals surface area contributed by atoms with Crippen LogP contribution in [0.3, 0.4) is 0 Å². The Morgan fingerprint density at radius 2 is 2.14 bits per heavy atom. The van der Waals surface area contributed by atoms with Crippen molar-refractivity contribution in [3.05, 3.63) is 0 Å². The second-order valence-corrected chi connectivity index (χ2v) is 5.51. The van der Waals surface area contributed by atoms with Crippen LogP contribution in [0, 0.1) is 5.41 Å². The van der Waals surface area contributed by atoms with Gasteiger partial charge in [0.25, 0.3) is 5.92 Å². The average molecular weight is 268 g/mol. The largest absolute Gasteiger partial charge is 0.299 e. The third-order valence-corrected chi connectivity index (χ3v) is 4.35. The zero-order valence-electron chi connectivity index (χ0n) is 8.40. The maximum Gasteiger partial charge on any atom is 0.255 e. The highest BCUT2D eigenvalue weighted by Gasteiger charge is 2.68. The molecule has 2 rings (SSSR count). The SMILES string of the molecule is CC1(CN2CCCC2CBr)CC1(F)F. The van der Waals surface area contributed by atoms with E-state index in [-0.39, 0.29) is 6.42 Å². The molecular formula is C10H16BrF2N. The molecule has 2 atom stereocenters. The van der Waals surface area contributed by atoms with Crippen LogP contribution in [-0.4, -0.2) is 35.3 Å². The second kappa shape index (κ2) is 3.41. The first-order chi connectivity index (χ1) is 6.48. The van der Waals surface area contributed by atoms with Crippen LogP contribution in [0.5, 0.6) is 0 Å². The van der Waals surface area contributed by atoms with E-state index in [2.05, 4.69) is 20.8 Å². The molecule has 0 aromatic heterocycles. The first-order valence-corrected chi connectivity index (χ1v) is 6.28. The van der Waals surface area contributed by atoms with E-state index in [1.165, 1.54) is 0 Å². The summed E-state index contributed by atoms with van der Waals surface area (Å²) < 4.78 is 26.1. The van der Waals surface area contributed by atoms with Gasteiger partial charge in [-0.1, -0.05) is 22.9 Å². The van der Waals surface area contributed by atoms with Crippen molar-refractivity contribution in [1.29, 1.82) is 0 Å².